The highest BCUT2D eigenvalue weighted by Gasteiger charge is 2.16. The van der Waals surface area contributed by atoms with Crippen LogP contribution in [0.2, 0.25) is 0 Å². The largest absolute Gasteiger partial charge is 0.291 e. The average molecular weight is 311 g/mol. The Kier molecular flexibility index (Phi) is 3.14. The van der Waals surface area contributed by atoms with E-state index in [4.69, 9.17) is 4.98 Å². The number of nitriles is 1. The van der Waals surface area contributed by atoms with Crippen molar-refractivity contribution in [1.29, 1.82) is 5.26 Å². The summed E-state index contributed by atoms with van der Waals surface area (Å²) < 4.78 is 2.11. The van der Waals surface area contributed by atoms with Gasteiger partial charge in [0.2, 0.25) is 0 Å². The fourth-order valence-electron chi connectivity index (χ4n) is 3.43. The third kappa shape index (κ3) is 2.08. The minimum Gasteiger partial charge on any atom is -0.291 e. The summed E-state index contributed by atoms with van der Waals surface area (Å²) in [6.07, 6.45) is 0. The van der Waals surface area contributed by atoms with Gasteiger partial charge >= 0.3 is 0 Å². The van der Waals surface area contributed by atoms with Gasteiger partial charge in [0.05, 0.1) is 22.3 Å². The van der Waals surface area contributed by atoms with Crippen LogP contribution in [0, 0.1) is 32.1 Å². The lowest BCUT2D eigenvalue weighted by molar-refractivity contribution is 1.19. The van der Waals surface area contributed by atoms with E-state index in [0.29, 0.717) is 5.56 Å². The van der Waals surface area contributed by atoms with E-state index in [-0.39, 0.29) is 0 Å². The third-order valence-corrected chi connectivity index (χ3v) is 4.40. The summed E-state index contributed by atoms with van der Waals surface area (Å²) >= 11 is 0. The van der Waals surface area contributed by atoms with E-state index in [1.54, 1.807) is 0 Å². The minimum absolute atomic E-state index is 0.638. The lowest BCUT2D eigenvalue weighted by Gasteiger charge is -2.12. The molecule has 0 aliphatic carbocycles. The third-order valence-electron chi connectivity index (χ3n) is 4.40. The number of pyridine rings is 1. The maximum atomic E-state index is 9.59. The van der Waals surface area contributed by atoms with E-state index in [9.17, 15) is 5.26 Å². The highest BCUT2D eigenvalue weighted by atomic mass is 15.0. The number of aromatic nitrogens is 2. The van der Waals surface area contributed by atoms with Crippen LogP contribution in [0.3, 0.4) is 0 Å². The first-order chi connectivity index (χ1) is 11.6. The Hall–Kier alpha value is -3.12. The van der Waals surface area contributed by atoms with Crippen molar-refractivity contribution in [3.63, 3.8) is 0 Å². The predicted molar refractivity (Wildman–Crippen MR) is 97.1 cm³/mol. The van der Waals surface area contributed by atoms with E-state index in [1.807, 2.05) is 25.1 Å². The Balaban J connectivity index is 2.22. The molecule has 0 fully saturated rings. The number of fused-ring (bicyclic) bond motifs is 3. The second-order valence-corrected chi connectivity index (χ2v) is 6.34. The van der Waals surface area contributed by atoms with Crippen LogP contribution in [0.25, 0.3) is 27.9 Å². The van der Waals surface area contributed by atoms with Crippen LogP contribution in [-0.2, 0) is 0 Å². The van der Waals surface area contributed by atoms with Gasteiger partial charge in [0, 0.05) is 0 Å². The van der Waals surface area contributed by atoms with Crippen LogP contribution < -0.4 is 0 Å². The Morgan fingerprint density at radius 3 is 2.38 bits per heavy atom. The standard InChI is InChI=1S/C21H17N3/c1-13-8-14(2)10-16(9-13)20-11-15(3)17(12-22)21-23-18-6-4-5-7-19(18)24(20)21/h4-11H,1-3H3. The summed E-state index contributed by atoms with van der Waals surface area (Å²) in [6.45, 7) is 6.19. The number of para-hydroxylation sites is 2. The summed E-state index contributed by atoms with van der Waals surface area (Å²) in [4.78, 5) is 4.72. The summed E-state index contributed by atoms with van der Waals surface area (Å²) in [7, 11) is 0. The second kappa shape index (κ2) is 5.21. The molecule has 116 valence electrons. The van der Waals surface area contributed by atoms with Crippen LogP contribution in [0.1, 0.15) is 22.3 Å². The lowest BCUT2D eigenvalue weighted by atomic mass is 10.0. The van der Waals surface area contributed by atoms with E-state index in [2.05, 4.69) is 54.6 Å². The molecule has 4 rings (SSSR count). The number of nitrogens with zero attached hydrogens (tertiary/aromatic N) is 3. The zero-order valence-corrected chi connectivity index (χ0v) is 14.0. The zero-order chi connectivity index (χ0) is 16.8. The molecule has 0 radical (unpaired) electrons. The Labute approximate surface area is 140 Å². The predicted octanol–water partition coefficient (Wildman–Crippen LogP) is 4.95. The fourth-order valence-corrected chi connectivity index (χ4v) is 3.43. The van der Waals surface area contributed by atoms with Crippen molar-refractivity contribution >= 4 is 16.7 Å². The van der Waals surface area contributed by atoms with Crippen molar-refractivity contribution in [1.82, 2.24) is 9.38 Å². The quantitative estimate of drug-likeness (QED) is 0.499. The van der Waals surface area contributed by atoms with Gasteiger partial charge in [-0.2, -0.15) is 5.26 Å². The van der Waals surface area contributed by atoms with Crippen molar-refractivity contribution < 1.29 is 0 Å². The topological polar surface area (TPSA) is 41.1 Å². The number of hydrogen-bond donors (Lipinski definition) is 0. The Bertz CT molecular complexity index is 1120. The highest BCUT2D eigenvalue weighted by molar-refractivity contribution is 5.86. The van der Waals surface area contributed by atoms with Gasteiger partial charge in [-0.25, -0.2) is 4.98 Å². The number of benzene rings is 2. The molecule has 0 atom stereocenters. The van der Waals surface area contributed by atoms with Gasteiger partial charge in [0.1, 0.15) is 6.07 Å². The first-order valence-electron chi connectivity index (χ1n) is 7.98. The van der Waals surface area contributed by atoms with Crippen molar-refractivity contribution in [3.8, 4) is 17.3 Å². The van der Waals surface area contributed by atoms with Crippen LogP contribution >= 0.6 is 0 Å². The van der Waals surface area contributed by atoms with Gasteiger partial charge in [-0.15, -0.1) is 0 Å². The summed E-state index contributed by atoms with van der Waals surface area (Å²) in [5.41, 5.74) is 8.93. The van der Waals surface area contributed by atoms with Gasteiger partial charge in [-0.1, -0.05) is 29.3 Å². The first-order valence-corrected chi connectivity index (χ1v) is 7.98. The van der Waals surface area contributed by atoms with Gasteiger partial charge in [0.25, 0.3) is 0 Å². The number of aryl methyl sites for hydroxylation is 3. The highest BCUT2D eigenvalue weighted by Crippen LogP contribution is 2.30. The van der Waals surface area contributed by atoms with E-state index in [0.717, 1.165) is 33.5 Å². The van der Waals surface area contributed by atoms with E-state index < -0.39 is 0 Å². The minimum atomic E-state index is 0.638. The fraction of sp³-hybridized carbons (Fsp3) is 0.143. The van der Waals surface area contributed by atoms with Crippen LogP contribution in [0.4, 0.5) is 0 Å². The Morgan fingerprint density at radius 1 is 0.958 bits per heavy atom. The summed E-state index contributed by atoms with van der Waals surface area (Å²) in [5.74, 6) is 0. The molecule has 2 heterocycles. The maximum absolute atomic E-state index is 9.59. The molecule has 2 aromatic carbocycles. The monoisotopic (exact) mass is 311 g/mol. The molecule has 4 aromatic rings. The van der Waals surface area contributed by atoms with Crippen LogP contribution in [0.15, 0.2) is 48.5 Å². The van der Waals surface area contributed by atoms with Crippen molar-refractivity contribution in [2.75, 3.05) is 0 Å². The molecule has 0 bridgehead atoms. The number of rotatable bonds is 1. The molecular formula is C21H17N3. The van der Waals surface area contributed by atoms with Crippen molar-refractivity contribution in [3.05, 3.63) is 70.8 Å². The van der Waals surface area contributed by atoms with Gasteiger partial charge in [-0.3, -0.25) is 4.40 Å². The van der Waals surface area contributed by atoms with Crippen molar-refractivity contribution in [2.24, 2.45) is 0 Å². The van der Waals surface area contributed by atoms with E-state index >= 15 is 0 Å². The number of imidazole rings is 1. The summed E-state index contributed by atoms with van der Waals surface area (Å²) in [6, 6.07) is 19.0. The molecule has 2 aromatic heterocycles. The molecule has 0 aliphatic heterocycles. The Morgan fingerprint density at radius 2 is 1.67 bits per heavy atom. The van der Waals surface area contributed by atoms with Gasteiger partial charge in [-0.05, 0) is 62.2 Å². The zero-order valence-electron chi connectivity index (χ0n) is 14.0. The molecule has 24 heavy (non-hydrogen) atoms. The molecular weight excluding hydrogens is 294 g/mol. The second-order valence-electron chi connectivity index (χ2n) is 6.34. The van der Waals surface area contributed by atoms with Gasteiger partial charge in [0.15, 0.2) is 5.65 Å². The molecule has 0 N–H and O–H groups in total. The first kappa shape index (κ1) is 14.5. The maximum Gasteiger partial charge on any atom is 0.156 e. The van der Waals surface area contributed by atoms with Gasteiger partial charge < -0.3 is 0 Å². The smallest absolute Gasteiger partial charge is 0.156 e. The molecule has 0 spiro atoms. The SMILES string of the molecule is Cc1cc(C)cc(-c2cc(C)c(C#N)c3nc4ccccc4n23)c1. The number of hydrogen-bond acceptors (Lipinski definition) is 2. The van der Waals surface area contributed by atoms with Crippen molar-refractivity contribution in [2.45, 2.75) is 20.8 Å². The molecule has 0 saturated carbocycles. The summed E-state index contributed by atoms with van der Waals surface area (Å²) in [5, 5.41) is 9.59. The normalized spacial score (nSPS) is 11.1. The van der Waals surface area contributed by atoms with Crippen LogP contribution in [0.5, 0.6) is 0 Å². The lowest BCUT2D eigenvalue weighted by Crippen LogP contribution is -1.98. The molecule has 0 amide bonds. The van der Waals surface area contributed by atoms with E-state index in [1.165, 1.54) is 11.1 Å². The molecule has 0 aliphatic rings. The average Bonchev–Trinajstić information content (AvgIpc) is 2.92. The van der Waals surface area contributed by atoms with Crippen LogP contribution in [-0.4, -0.2) is 9.38 Å². The molecule has 0 saturated heterocycles. The molecule has 3 heteroatoms. The molecule has 3 nitrogen and oxygen atoms in total. The molecule has 0 unspecified atom stereocenters.